The molecule has 0 aliphatic rings. The molecule has 1 rings (SSSR count). The fourth-order valence-corrected chi connectivity index (χ4v) is 2.42. The van der Waals surface area contributed by atoms with Crippen LogP contribution in [-0.2, 0) is 6.54 Å². The lowest BCUT2D eigenvalue weighted by Gasteiger charge is -2.22. The van der Waals surface area contributed by atoms with Crippen molar-refractivity contribution in [3.8, 4) is 5.75 Å². The lowest BCUT2D eigenvalue weighted by Crippen LogP contribution is -2.26. The monoisotopic (exact) mass is 333 g/mol. The third-order valence-corrected chi connectivity index (χ3v) is 3.82. The van der Waals surface area contributed by atoms with Crippen molar-refractivity contribution in [3.63, 3.8) is 0 Å². The van der Waals surface area contributed by atoms with E-state index in [4.69, 9.17) is 16.3 Å². The second-order valence-corrected chi connectivity index (χ2v) is 5.51. The standard InChI is InChI=1S/C14H21BrClNO/c1-3-4-8-17(9-7-16)11-12-10-13(18-2)5-6-14(12)15/h5-6,10H,3-4,7-9,11H2,1-2H3. The largest absolute Gasteiger partial charge is 0.497 e. The predicted octanol–water partition coefficient (Wildman–Crippen LogP) is 4.30. The van der Waals surface area contributed by atoms with Gasteiger partial charge in [-0.15, -0.1) is 11.6 Å². The van der Waals surface area contributed by atoms with Gasteiger partial charge >= 0.3 is 0 Å². The fourth-order valence-electron chi connectivity index (χ4n) is 1.81. The highest BCUT2D eigenvalue weighted by atomic mass is 79.9. The zero-order valence-electron chi connectivity index (χ0n) is 11.1. The lowest BCUT2D eigenvalue weighted by molar-refractivity contribution is 0.276. The summed E-state index contributed by atoms with van der Waals surface area (Å²) in [4.78, 5) is 2.38. The Morgan fingerprint density at radius 1 is 1.33 bits per heavy atom. The summed E-state index contributed by atoms with van der Waals surface area (Å²) in [5.41, 5.74) is 1.25. The van der Waals surface area contributed by atoms with E-state index in [0.717, 1.165) is 29.9 Å². The van der Waals surface area contributed by atoms with Gasteiger partial charge in [-0.1, -0.05) is 29.3 Å². The van der Waals surface area contributed by atoms with Crippen molar-refractivity contribution in [2.45, 2.75) is 26.3 Å². The Labute approximate surface area is 123 Å². The van der Waals surface area contributed by atoms with Crippen molar-refractivity contribution in [3.05, 3.63) is 28.2 Å². The minimum absolute atomic E-state index is 0.672. The molecule has 0 saturated carbocycles. The molecule has 0 radical (unpaired) electrons. The number of nitrogens with zero attached hydrogens (tertiary/aromatic N) is 1. The van der Waals surface area contributed by atoms with Crippen LogP contribution < -0.4 is 4.74 Å². The minimum atomic E-state index is 0.672. The number of unbranched alkanes of at least 4 members (excludes halogenated alkanes) is 1. The molecule has 0 aliphatic carbocycles. The Balaban J connectivity index is 2.72. The summed E-state index contributed by atoms with van der Waals surface area (Å²) >= 11 is 9.45. The van der Waals surface area contributed by atoms with Crippen molar-refractivity contribution in [2.24, 2.45) is 0 Å². The molecule has 1 aromatic carbocycles. The van der Waals surface area contributed by atoms with E-state index in [1.807, 2.05) is 12.1 Å². The molecular weight excluding hydrogens is 314 g/mol. The lowest BCUT2D eigenvalue weighted by atomic mass is 10.2. The van der Waals surface area contributed by atoms with E-state index in [1.54, 1.807) is 7.11 Å². The van der Waals surface area contributed by atoms with Gasteiger partial charge < -0.3 is 4.74 Å². The average Bonchev–Trinajstić information content (AvgIpc) is 2.38. The number of hydrogen-bond acceptors (Lipinski definition) is 2. The maximum Gasteiger partial charge on any atom is 0.119 e. The first kappa shape index (κ1) is 15.8. The fraction of sp³-hybridized carbons (Fsp3) is 0.571. The van der Waals surface area contributed by atoms with Gasteiger partial charge in [0, 0.05) is 23.4 Å². The van der Waals surface area contributed by atoms with E-state index in [1.165, 1.54) is 18.4 Å². The first-order valence-electron chi connectivity index (χ1n) is 6.32. The third kappa shape index (κ3) is 5.17. The van der Waals surface area contributed by atoms with Crippen LogP contribution in [-0.4, -0.2) is 31.0 Å². The SMILES string of the molecule is CCCCN(CCCl)Cc1cc(OC)ccc1Br. The Bertz CT molecular complexity index is 360. The first-order chi connectivity index (χ1) is 8.71. The van der Waals surface area contributed by atoms with E-state index in [-0.39, 0.29) is 0 Å². The molecular formula is C14H21BrClNO. The predicted molar refractivity (Wildman–Crippen MR) is 81.6 cm³/mol. The average molecular weight is 335 g/mol. The zero-order valence-corrected chi connectivity index (χ0v) is 13.4. The minimum Gasteiger partial charge on any atom is -0.497 e. The summed E-state index contributed by atoms with van der Waals surface area (Å²) in [5, 5.41) is 0. The molecule has 0 N–H and O–H groups in total. The summed E-state index contributed by atoms with van der Waals surface area (Å²) in [6, 6.07) is 6.08. The van der Waals surface area contributed by atoms with Crippen LogP contribution in [0.1, 0.15) is 25.3 Å². The quantitative estimate of drug-likeness (QED) is 0.657. The van der Waals surface area contributed by atoms with Gasteiger partial charge in [0.15, 0.2) is 0 Å². The van der Waals surface area contributed by atoms with Crippen LogP contribution in [0, 0.1) is 0 Å². The van der Waals surface area contributed by atoms with Crippen LogP contribution in [0.2, 0.25) is 0 Å². The molecule has 0 amide bonds. The van der Waals surface area contributed by atoms with Crippen LogP contribution in [0.15, 0.2) is 22.7 Å². The van der Waals surface area contributed by atoms with E-state index in [9.17, 15) is 0 Å². The van der Waals surface area contributed by atoms with E-state index < -0.39 is 0 Å². The molecule has 0 heterocycles. The van der Waals surface area contributed by atoms with Gasteiger partial charge in [0.1, 0.15) is 5.75 Å². The van der Waals surface area contributed by atoms with Crippen LogP contribution in [0.3, 0.4) is 0 Å². The first-order valence-corrected chi connectivity index (χ1v) is 7.64. The third-order valence-electron chi connectivity index (χ3n) is 2.88. The van der Waals surface area contributed by atoms with Gasteiger partial charge in [0.05, 0.1) is 7.11 Å². The van der Waals surface area contributed by atoms with Crippen molar-refractivity contribution in [2.75, 3.05) is 26.1 Å². The van der Waals surface area contributed by atoms with Crippen LogP contribution in [0.5, 0.6) is 5.75 Å². The molecule has 0 fully saturated rings. The number of ether oxygens (including phenoxy) is 1. The highest BCUT2D eigenvalue weighted by molar-refractivity contribution is 9.10. The molecule has 0 bridgehead atoms. The van der Waals surface area contributed by atoms with Crippen molar-refractivity contribution < 1.29 is 4.74 Å². The number of halogens is 2. The van der Waals surface area contributed by atoms with E-state index in [2.05, 4.69) is 33.8 Å². The molecule has 0 atom stereocenters. The summed E-state index contributed by atoms with van der Waals surface area (Å²) in [6.45, 7) is 5.13. The summed E-state index contributed by atoms with van der Waals surface area (Å²) in [7, 11) is 1.70. The molecule has 2 nitrogen and oxygen atoms in total. The van der Waals surface area contributed by atoms with Gasteiger partial charge in [-0.3, -0.25) is 4.90 Å². The molecule has 0 spiro atoms. The normalized spacial score (nSPS) is 10.9. The van der Waals surface area contributed by atoms with Crippen LogP contribution in [0.4, 0.5) is 0 Å². The molecule has 0 aromatic heterocycles. The molecule has 0 saturated heterocycles. The number of rotatable bonds is 8. The van der Waals surface area contributed by atoms with Crippen LogP contribution in [0.25, 0.3) is 0 Å². The highest BCUT2D eigenvalue weighted by Gasteiger charge is 2.08. The molecule has 0 aliphatic heterocycles. The van der Waals surface area contributed by atoms with Crippen molar-refractivity contribution in [1.29, 1.82) is 0 Å². The molecule has 1 aromatic rings. The summed E-state index contributed by atoms with van der Waals surface area (Å²) in [6.07, 6.45) is 2.41. The Morgan fingerprint density at radius 2 is 2.11 bits per heavy atom. The Morgan fingerprint density at radius 3 is 2.72 bits per heavy atom. The van der Waals surface area contributed by atoms with Crippen molar-refractivity contribution in [1.82, 2.24) is 4.90 Å². The molecule has 4 heteroatoms. The van der Waals surface area contributed by atoms with Gasteiger partial charge in [0.25, 0.3) is 0 Å². The molecule has 0 unspecified atom stereocenters. The number of methoxy groups -OCH3 is 1. The Kier molecular flexibility index (Phi) is 7.71. The zero-order chi connectivity index (χ0) is 13.4. The van der Waals surface area contributed by atoms with E-state index >= 15 is 0 Å². The van der Waals surface area contributed by atoms with E-state index in [0.29, 0.717) is 5.88 Å². The van der Waals surface area contributed by atoms with Gasteiger partial charge in [-0.05, 0) is 36.7 Å². The second-order valence-electron chi connectivity index (χ2n) is 4.28. The highest BCUT2D eigenvalue weighted by Crippen LogP contribution is 2.23. The smallest absolute Gasteiger partial charge is 0.119 e. The van der Waals surface area contributed by atoms with Gasteiger partial charge in [0.2, 0.25) is 0 Å². The van der Waals surface area contributed by atoms with Gasteiger partial charge in [-0.25, -0.2) is 0 Å². The maximum atomic E-state index is 5.86. The number of alkyl halides is 1. The molecule has 18 heavy (non-hydrogen) atoms. The number of benzene rings is 1. The number of hydrogen-bond donors (Lipinski definition) is 0. The van der Waals surface area contributed by atoms with Crippen LogP contribution >= 0.6 is 27.5 Å². The maximum absolute atomic E-state index is 5.86. The summed E-state index contributed by atoms with van der Waals surface area (Å²) in [5.74, 6) is 1.57. The topological polar surface area (TPSA) is 12.5 Å². The molecule has 102 valence electrons. The second kappa shape index (κ2) is 8.78. The van der Waals surface area contributed by atoms with Gasteiger partial charge in [-0.2, -0.15) is 0 Å². The summed E-state index contributed by atoms with van der Waals surface area (Å²) < 4.78 is 6.39. The van der Waals surface area contributed by atoms with Crippen molar-refractivity contribution >= 4 is 27.5 Å². The Hall–Kier alpha value is -0.250.